The Morgan fingerprint density at radius 2 is 1.72 bits per heavy atom. The summed E-state index contributed by atoms with van der Waals surface area (Å²) >= 11 is 0. The first-order chi connectivity index (χ1) is 8.27. The summed E-state index contributed by atoms with van der Waals surface area (Å²) in [5.41, 5.74) is 5.10. The number of carbonyl (C=O) groups excluding carboxylic acids is 2. The average Bonchev–Trinajstić information content (AvgIpc) is 2.26. The molecular weight excluding hydrogens is 247 g/mol. The number of aliphatic carboxylic acids is 1. The summed E-state index contributed by atoms with van der Waals surface area (Å²) in [6.45, 7) is 4.98. The highest BCUT2D eigenvalue weighted by molar-refractivity contribution is 5.90. The fourth-order valence-electron chi connectivity index (χ4n) is 1.36. The van der Waals surface area contributed by atoms with Crippen molar-refractivity contribution < 1.29 is 19.5 Å². The first-order valence-electron chi connectivity index (χ1n) is 5.80. The molecule has 0 aromatic rings. The second-order valence-electron chi connectivity index (χ2n) is 4.52. The van der Waals surface area contributed by atoms with Crippen LogP contribution in [0.3, 0.4) is 0 Å². The predicted molar refractivity (Wildman–Crippen MR) is 65.7 cm³/mol. The van der Waals surface area contributed by atoms with Gasteiger partial charge in [0.15, 0.2) is 0 Å². The topological polar surface area (TPSA) is 122 Å². The molecule has 0 aromatic carbocycles. The van der Waals surface area contributed by atoms with Gasteiger partial charge in [-0.3, -0.25) is 9.59 Å². The number of carboxylic acid groups (broad SMARTS) is 1. The SMILES string of the molecule is [13CH3][13CH]([13CH3])[13CH2][13C@H](N[13C](=O)[13C@H]([13CH3])NC(=O)CN)[13C](=O)O. The Kier molecular flexibility index (Phi) is 6.96. The van der Waals surface area contributed by atoms with E-state index in [-0.39, 0.29) is 12.5 Å². The van der Waals surface area contributed by atoms with Crippen LogP contribution in [0, 0.1) is 5.92 Å². The maximum absolute atomic E-state index is 11.7. The van der Waals surface area contributed by atoms with Gasteiger partial charge in [0.2, 0.25) is 11.8 Å². The molecule has 0 bridgehead atoms. The van der Waals surface area contributed by atoms with Crippen LogP contribution in [-0.2, 0) is 14.4 Å². The lowest BCUT2D eigenvalue weighted by Crippen LogP contribution is -2.51. The summed E-state index contributed by atoms with van der Waals surface area (Å²) in [4.78, 5) is 33.6. The van der Waals surface area contributed by atoms with Gasteiger partial charge in [-0.2, -0.15) is 0 Å². The van der Waals surface area contributed by atoms with Crippen LogP contribution in [0.15, 0.2) is 0 Å². The zero-order valence-electron chi connectivity index (χ0n) is 10.9. The normalized spacial score (nSPS) is 13.8. The van der Waals surface area contributed by atoms with Crippen molar-refractivity contribution in [2.75, 3.05) is 6.54 Å². The molecule has 0 aliphatic rings. The van der Waals surface area contributed by atoms with Crippen molar-refractivity contribution in [3.63, 3.8) is 0 Å². The van der Waals surface area contributed by atoms with E-state index in [4.69, 9.17) is 10.8 Å². The third-order valence-corrected chi connectivity index (χ3v) is 2.28. The molecular formula is C11H21N3O4. The van der Waals surface area contributed by atoms with Gasteiger partial charge in [-0.1, -0.05) is 13.8 Å². The second kappa shape index (κ2) is 7.65. The summed E-state index contributed by atoms with van der Waals surface area (Å²) in [7, 11) is 0. The van der Waals surface area contributed by atoms with Crippen LogP contribution in [-0.4, -0.2) is 41.5 Å². The summed E-state index contributed by atoms with van der Waals surface area (Å²) in [5, 5.41) is 13.7. The number of rotatable bonds is 7. The van der Waals surface area contributed by atoms with E-state index in [9.17, 15) is 14.4 Å². The van der Waals surface area contributed by atoms with Crippen LogP contribution in [0.2, 0.25) is 0 Å². The van der Waals surface area contributed by atoms with Crippen molar-refractivity contribution in [1.29, 1.82) is 0 Å². The van der Waals surface area contributed by atoms with Crippen LogP contribution >= 0.6 is 0 Å². The van der Waals surface area contributed by atoms with Gasteiger partial charge < -0.3 is 21.5 Å². The summed E-state index contributed by atoms with van der Waals surface area (Å²) in [6.07, 6.45) is 0.332. The number of carbonyl (C=O) groups is 3. The zero-order valence-corrected chi connectivity index (χ0v) is 10.9. The fourth-order valence-corrected chi connectivity index (χ4v) is 1.36. The quantitative estimate of drug-likeness (QED) is 0.444. The largest absolute Gasteiger partial charge is 0.480 e. The molecule has 7 heteroatoms. The molecule has 0 rings (SSSR count). The Hall–Kier alpha value is -1.63. The summed E-state index contributed by atoms with van der Waals surface area (Å²) < 4.78 is 0. The maximum Gasteiger partial charge on any atom is 0.326 e. The first kappa shape index (κ1) is 16.4. The van der Waals surface area contributed by atoms with Gasteiger partial charge >= 0.3 is 5.97 Å². The number of nitrogens with two attached hydrogens (primary N) is 1. The van der Waals surface area contributed by atoms with Crippen molar-refractivity contribution in [2.45, 2.75) is 39.3 Å². The molecule has 104 valence electrons. The van der Waals surface area contributed by atoms with Gasteiger partial charge in [-0.25, -0.2) is 4.79 Å². The van der Waals surface area contributed by atoms with Crippen molar-refractivity contribution in [3.8, 4) is 0 Å². The van der Waals surface area contributed by atoms with E-state index < -0.39 is 29.9 Å². The van der Waals surface area contributed by atoms with E-state index >= 15 is 0 Å². The molecule has 0 saturated carbocycles. The molecule has 0 fully saturated rings. The Balaban J connectivity index is 4.41. The van der Waals surface area contributed by atoms with Crippen LogP contribution < -0.4 is 16.4 Å². The molecule has 0 unspecified atom stereocenters. The van der Waals surface area contributed by atoms with Gasteiger partial charge in [0, 0.05) is 0 Å². The number of hydrogen-bond acceptors (Lipinski definition) is 4. The molecule has 5 N–H and O–H groups in total. The maximum atomic E-state index is 11.7. The standard InChI is InChI=1S/C11H21N3O4/c1-6(2)4-8(11(17)18)14-10(16)7(3)13-9(15)5-12/h6-8H,4-5,12H2,1-3H3,(H,13,15)(H,14,16)(H,17,18)/t7-,8-/m0/s1/i1+1,2+1,3+1,4+1,6+1,7+1,8+1,10+1,11+1. The lowest BCUT2D eigenvalue weighted by Gasteiger charge is -2.19. The highest BCUT2D eigenvalue weighted by Crippen LogP contribution is 2.05. The molecule has 0 saturated heterocycles. The van der Waals surface area contributed by atoms with Crippen molar-refractivity contribution >= 4 is 17.8 Å². The monoisotopic (exact) mass is 268 g/mol. The average molecular weight is 268 g/mol. The van der Waals surface area contributed by atoms with Crippen LogP contribution in [0.5, 0.6) is 0 Å². The number of amides is 2. The molecule has 0 heterocycles. The lowest BCUT2D eigenvalue weighted by atomic mass is 10.6. The number of hydrogen-bond donors (Lipinski definition) is 4. The molecule has 2 amide bonds. The highest BCUT2D eigenvalue weighted by Gasteiger charge is 2.24. The molecule has 0 aliphatic carbocycles. The fraction of sp³-hybridized carbons (Fsp3) is 0.727. The van der Waals surface area contributed by atoms with Gasteiger partial charge in [0.1, 0.15) is 12.1 Å². The van der Waals surface area contributed by atoms with E-state index in [0.29, 0.717) is 6.42 Å². The summed E-state index contributed by atoms with van der Waals surface area (Å²) in [6, 6.07) is -1.76. The minimum absolute atomic E-state index is 0.139. The van der Waals surface area contributed by atoms with Crippen molar-refractivity contribution in [1.82, 2.24) is 10.6 Å². The second-order valence-corrected chi connectivity index (χ2v) is 4.52. The van der Waals surface area contributed by atoms with Gasteiger partial charge in [-0.05, 0) is 19.3 Å². The molecule has 18 heavy (non-hydrogen) atoms. The molecule has 0 radical (unpaired) electrons. The van der Waals surface area contributed by atoms with Crippen LogP contribution in [0.1, 0.15) is 27.2 Å². The molecule has 0 aromatic heterocycles. The van der Waals surface area contributed by atoms with Crippen molar-refractivity contribution in [3.05, 3.63) is 0 Å². The third kappa shape index (κ3) is 6.19. The van der Waals surface area contributed by atoms with E-state index in [1.165, 1.54) is 6.92 Å². The van der Waals surface area contributed by atoms with Crippen LogP contribution in [0.4, 0.5) is 0 Å². The molecule has 7 nitrogen and oxygen atoms in total. The van der Waals surface area contributed by atoms with E-state index in [1.807, 2.05) is 13.8 Å². The van der Waals surface area contributed by atoms with E-state index in [0.717, 1.165) is 0 Å². The number of nitrogens with one attached hydrogen (secondary N) is 2. The van der Waals surface area contributed by atoms with Gasteiger partial charge in [0.25, 0.3) is 0 Å². The van der Waals surface area contributed by atoms with Gasteiger partial charge in [-0.15, -0.1) is 0 Å². The molecule has 0 aliphatic heterocycles. The minimum atomic E-state index is -1.09. The Morgan fingerprint density at radius 1 is 1.17 bits per heavy atom. The van der Waals surface area contributed by atoms with Crippen LogP contribution in [0.25, 0.3) is 0 Å². The Labute approximate surface area is 106 Å². The highest BCUT2D eigenvalue weighted by atomic mass is 16.5. The lowest BCUT2D eigenvalue weighted by molar-refractivity contribution is -0.142. The van der Waals surface area contributed by atoms with E-state index in [2.05, 4.69) is 10.6 Å². The van der Waals surface area contributed by atoms with Crippen molar-refractivity contribution in [2.24, 2.45) is 11.7 Å². The third-order valence-electron chi connectivity index (χ3n) is 2.28. The Bertz CT molecular complexity index is 317. The Morgan fingerprint density at radius 3 is 2.11 bits per heavy atom. The number of carboxylic acids is 1. The summed E-state index contributed by atoms with van der Waals surface area (Å²) in [5.74, 6) is -1.95. The van der Waals surface area contributed by atoms with Gasteiger partial charge in [0.05, 0.1) is 6.54 Å². The first-order valence-corrected chi connectivity index (χ1v) is 5.80. The smallest absolute Gasteiger partial charge is 0.326 e. The van der Waals surface area contributed by atoms with E-state index in [1.54, 1.807) is 0 Å². The predicted octanol–water partition coefficient (Wildman–Crippen LogP) is -0.935. The molecule has 2 atom stereocenters. The minimum Gasteiger partial charge on any atom is -0.480 e. The zero-order chi connectivity index (χ0) is 14.3. The molecule has 0 spiro atoms.